The number of aryl methyl sites for hydroxylation is 3. The lowest BCUT2D eigenvalue weighted by Gasteiger charge is -2.20. The van der Waals surface area contributed by atoms with Crippen molar-refractivity contribution >= 4 is 33.2 Å². The van der Waals surface area contributed by atoms with Crippen LogP contribution in [0.25, 0.3) is 0 Å². The molecule has 2 rings (SSSR count). The van der Waals surface area contributed by atoms with Crippen LogP contribution in [0.15, 0.2) is 28.7 Å². The molecule has 1 aromatic carbocycles. The van der Waals surface area contributed by atoms with Crippen LogP contribution in [-0.2, 0) is 0 Å². The lowest BCUT2D eigenvalue weighted by molar-refractivity contribution is 0.843. The first kappa shape index (κ1) is 15.3. The van der Waals surface area contributed by atoms with Gasteiger partial charge >= 0.3 is 0 Å². The summed E-state index contributed by atoms with van der Waals surface area (Å²) in [5.41, 5.74) is 5.64. The van der Waals surface area contributed by atoms with Gasteiger partial charge in [-0.25, -0.2) is 0 Å². The Labute approximate surface area is 133 Å². The number of aromatic nitrogens is 1. The number of hydrogen-bond donors (Lipinski definition) is 1. The first-order valence-electron chi connectivity index (χ1n) is 6.55. The van der Waals surface area contributed by atoms with Crippen molar-refractivity contribution in [2.45, 2.75) is 33.7 Å². The number of nitrogens with zero attached hydrogens (tertiary/aromatic N) is 1. The molecule has 1 atom stereocenters. The number of rotatable bonds is 3. The van der Waals surface area contributed by atoms with Gasteiger partial charge in [0.25, 0.3) is 0 Å². The molecule has 2 nitrogen and oxygen atoms in total. The standard InChI is InChI=1S/C16H18BrClN2/c1-9-7-10(2)19-11(3)16(9)12(4)20-13-5-6-14(17)15(18)8-13/h5-8,12,20H,1-4H3. The number of benzene rings is 1. The van der Waals surface area contributed by atoms with Crippen LogP contribution in [0.3, 0.4) is 0 Å². The number of hydrogen-bond acceptors (Lipinski definition) is 2. The largest absolute Gasteiger partial charge is 0.378 e. The average molecular weight is 354 g/mol. The van der Waals surface area contributed by atoms with Crippen molar-refractivity contribution in [1.29, 1.82) is 0 Å². The van der Waals surface area contributed by atoms with E-state index >= 15 is 0 Å². The van der Waals surface area contributed by atoms with Crippen LogP contribution in [0.5, 0.6) is 0 Å². The second kappa shape index (κ2) is 6.15. The lowest BCUT2D eigenvalue weighted by Crippen LogP contribution is -2.11. The quantitative estimate of drug-likeness (QED) is 0.777. The van der Waals surface area contributed by atoms with E-state index in [0.717, 1.165) is 21.5 Å². The minimum Gasteiger partial charge on any atom is -0.378 e. The molecule has 106 valence electrons. The smallest absolute Gasteiger partial charge is 0.0568 e. The van der Waals surface area contributed by atoms with Crippen LogP contribution >= 0.6 is 27.5 Å². The second-order valence-corrected chi connectivity index (χ2v) is 6.34. The van der Waals surface area contributed by atoms with Gasteiger partial charge in [0, 0.05) is 21.5 Å². The highest BCUT2D eigenvalue weighted by molar-refractivity contribution is 9.10. The Bertz CT molecular complexity index is 617. The monoisotopic (exact) mass is 352 g/mol. The predicted octanol–water partition coefficient (Wildman–Crippen LogP) is 5.60. The molecule has 0 saturated carbocycles. The molecule has 1 N–H and O–H groups in total. The third-order valence-electron chi connectivity index (χ3n) is 3.32. The zero-order valence-electron chi connectivity index (χ0n) is 12.1. The zero-order chi connectivity index (χ0) is 14.9. The fraction of sp³-hybridized carbons (Fsp3) is 0.312. The Balaban J connectivity index is 2.28. The minimum atomic E-state index is 0.181. The van der Waals surface area contributed by atoms with Gasteiger partial charge in [0.1, 0.15) is 0 Å². The first-order valence-corrected chi connectivity index (χ1v) is 7.72. The van der Waals surface area contributed by atoms with Crippen LogP contribution in [0.2, 0.25) is 5.02 Å². The molecule has 0 aliphatic heterocycles. The maximum atomic E-state index is 6.13. The molecular weight excluding hydrogens is 336 g/mol. The molecule has 0 bridgehead atoms. The minimum absolute atomic E-state index is 0.181. The first-order chi connectivity index (χ1) is 9.38. The van der Waals surface area contributed by atoms with Gasteiger partial charge in [-0.05, 0) is 79.0 Å². The third-order valence-corrected chi connectivity index (χ3v) is 4.55. The van der Waals surface area contributed by atoms with E-state index in [-0.39, 0.29) is 6.04 Å². The van der Waals surface area contributed by atoms with Gasteiger partial charge in [-0.2, -0.15) is 0 Å². The lowest BCUT2D eigenvalue weighted by atomic mass is 10.00. The second-order valence-electron chi connectivity index (χ2n) is 5.07. The SMILES string of the molecule is Cc1cc(C)c(C(C)Nc2ccc(Br)c(Cl)c2)c(C)n1. The highest BCUT2D eigenvalue weighted by atomic mass is 79.9. The van der Waals surface area contributed by atoms with E-state index in [1.165, 1.54) is 11.1 Å². The highest BCUT2D eigenvalue weighted by Crippen LogP contribution is 2.29. The van der Waals surface area contributed by atoms with E-state index in [1.807, 2.05) is 25.1 Å². The molecule has 20 heavy (non-hydrogen) atoms. The van der Waals surface area contributed by atoms with Crippen molar-refractivity contribution in [3.05, 3.63) is 56.3 Å². The zero-order valence-corrected chi connectivity index (χ0v) is 14.4. The highest BCUT2D eigenvalue weighted by Gasteiger charge is 2.13. The Morgan fingerprint density at radius 3 is 2.50 bits per heavy atom. The van der Waals surface area contributed by atoms with E-state index in [2.05, 4.69) is 53.1 Å². The summed E-state index contributed by atoms with van der Waals surface area (Å²) in [5, 5.41) is 4.19. The molecule has 1 unspecified atom stereocenters. The molecule has 4 heteroatoms. The van der Waals surface area contributed by atoms with Crippen LogP contribution in [0, 0.1) is 20.8 Å². The summed E-state index contributed by atoms with van der Waals surface area (Å²) < 4.78 is 0.904. The van der Waals surface area contributed by atoms with Crippen molar-refractivity contribution in [3.63, 3.8) is 0 Å². The van der Waals surface area contributed by atoms with Crippen molar-refractivity contribution in [3.8, 4) is 0 Å². The molecular formula is C16H18BrClN2. The van der Waals surface area contributed by atoms with Gasteiger partial charge in [-0.3, -0.25) is 4.98 Å². The summed E-state index contributed by atoms with van der Waals surface area (Å²) in [6, 6.07) is 8.19. The molecule has 0 fully saturated rings. The van der Waals surface area contributed by atoms with Gasteiger partial charge < -0.3 is 5.32 Å². The third kappa shape index (κ3) is 3.33. The Morgan fingerprint density at radius 1 is 1.20 bits per heavy atom. The average Bonchev–Trinajstić information content (AvgIpc) is 2.32. The number of pyridine rings is 1. The molecule has 2 aromatic rings. The molecule has 0 spiro atoms. The van der Waals surface area contributed by atoms with Crippen LogP contribution in [0.4, 0.5) is 5.69 Å². The molecule has 1 aromatic heterocycles. The number of anilines is 1. The van der Waals surface area contributed by atoms with Crippen LogP contribution in [0.1, 0.15) is 35.5 Å². The van der Waals surface area contributed by atoms with Crippen molar-refractivity contribution in [2.75, 3.05) is 5.32 Å². The molecule has 0 aliphatic rings. The predicted molar refractivity (Wildman–Crippen MR) is 89.6 cm³/mol. The van der Waals surface area contributed by atoms with Crippen molar-refractivity contribution in [1.82, 2.24) is 4.98 Å². The van der Waals surface area contributed by atoms with Crippen LogP contribution in [-0.4, -0.2) is 4.98 Å². The van der Waals surface area contributed by atoms with Gasteiger partial charge in [0.15, 0.2) is 0 Å². The van der Waals surface area contributed by atoms with Gasteiger partial charge in [0.2, 0.25) is 0 Å². The summed E-state index contributed by atoms with van der Waals surface area (Å²) in [5.74, 6) is 0. The molecule has 0 aliphatic carbocycles. The fourth-order valence-electron chi connectivity index (χ4n) is 2.60. The van der Waals surface area contributed by atoms with Gasteiger partial charge in [-0.1, -0.05) is 11.6 Å². The molecule has 0 saturated heterocycles. The van der Waals surface area contributed by atoms with Crippen molar-refractivity contribution < 1.29 is 0 Å². The van der Waals surface area contributed by atoms with Crippen molar-refractivity contribution in [2.24, 2.45) is 0 Å². The summed E-state index contributed by atoms with van der Waals surface area (Å²) >= 11 is 9.53. The summed E-state index contributed by atoms with van der Waals surface area (Å²) in [6.45, 7) is 8.35. The number of nitrogens with one attached hydrogen (secondary N) is 1. The van der Waals surface area contributed by atoms with Gasteiger partial charge in [-0.15, -0.1) is 0 Å². The van der Waals surface area contributed by atoms with E-state index in [0.29, 0.717) is 5.02 Å². The topological polar surface area (TPSA) is 24.9 Å². The molecule has 0 amide bonds. The number of halogens is 2. The summed E-state index contributed by atoms with van der Waals surface area (Å²) in [4.78, 5) is 4.56. The maximum Gasteiger partial charge on any atom is 0.0568 e. The van der Waals surface area contributed by atoms with Crippen LogP contribution < -0.4 is 5.32 Å². The Hall–Kier alpha value is -1.06. The Morgan fingerprint density at radius 2 is 1.90 bits per heavy atom. The normalized spacial score (nSPS) is 12.3. The molecule has 1 heterocycles. The van der Waals surface area contributed by atoms with E-state index in [1.54, 1.807) is 0 Å². The Kier molecular flexibility index (Phi) is 4.71. The fourth-order valence-corrected chi connectivity index (χ4v) is 3.02. The summed E-state index contributed by atoms with van der Waals surface area (Å²) in [7, 11) is 0. The van der Waals surface area contributed by atoms with E-state index in [9.17, 15) is 0 Å². The van der Waals surface area contributed by atoms with E-state index in [4.69, 9.17) is 11.6 Å². The van der Waals surface area contributed by atoms with E-state index < -0.39 is 0 Å². The summed E-state index contributed by atoms with van der Waals surface area (Å²) in [6.07, 6.45) is 0. The maximum absolute atomic E-state index is 6.13. The molecule has 0 radical (unpaired) electrons. The van der Waals surface area contributed by atoms with Gasteiger partial charge in [0.05, 0.1) is 11.1 Å².